The van der Waals surface area contributed by atoms with Gasteiger partial charge in [-0.3, -0.25) is 9.19 Å². The number of nitrogens with one attached hydrogen (secondary N) is 1. The monoisotopic (exact) mass is 419 g/mol. The molecule has 0 spiro atoms. The number of imidazole rings is 1. The Morgan fingerprint density at radius 1 is 1.21 bits per heavy atom. The largest absolute Gasteiger partial charge is 0.486 e. The van der Waals surface area contributed by atoms with Crippen molar-refractivity contribution in [2.24, 2.45) is 0 Å². The van der Waals surface area contributed by atoms with Gasteiger partial charge in [-0.15, -0.1) is 0 Å². The lowest BCUT2D eigenvalue weighted by atomic mass is 10.2. The lowest BCUT2D eigenvalue weighted by Crippen LogP contribution is -2.41. The number of hydrogen-bond donors (Lipinski definition) is 1. The Morgan fingerprint density at radius 2 is 1.93 bits per heavy atom. The van der Waals surface area contributed by atoms with E-state index >= 15 is 0 Å². The van der Waals surface area contributed by atoms with E-state index in [1.165, 1.54) is 25.4 Å². The summed E-state index contributed by atoms with van der Waals surface area (Å²) in [5, 5.41) is 0. The number of para-hydroxylation sites is 1. The van der Waals surface area contributed by atoms with Crippen LogP contribution in [-0.4, -0.2) is 44.1 Å². The first-order chi connectivity index (χ1) is 13.0. The number of hydrogen-bond acceptors (Lipinski definition) is 4. The zero-order chi connectivity index (χ0) is 20.7. The number of alkyl halides is 5. The molecule has 1 aromatic carbocycles. The molecular weight excluding hydrogens is 405 g/mol. The first-order valence-corrected chi connectivity index (χ1v) is 9.42. The number of fused-ring (bicyclic) bond motifs is 1. The highest BCUT2D eigenvalue weighted by atomic mass is 32.2. The van der Waals surface area contributed by atoms with Crippen molar-refractivity contribution in [1.82, 2.24) is 15.0 Å². The maximum atomic E-state index is 13.1. The average Bonchev–Trinajstić information content (AvgIpc) is 3.04. The third-order valence-corrected chi connectivity index (χ3v) is 4.85. The quantitative estimate of drug-likeness (QED) is 0.628. The molecule has 1 unspecified atom stereocenters. The Hall–Kier alpha value is -2.56. The molecule has 0 saturated heterocycles. The van der Waals surface area contributed by atoms with Crippen molar-refractivity contribution in [3.8, 4) is 17.3 Å². The minimum Gasteiger partial charge on any atom is -0.486 e. The van der Waals surface area contributed by atoms with E-state index in [-0.39, 0.29) is 22.8 Å². The SMILES string of the molecule is Cc1cnc(-c2nc3c(S(C)=O)cccc3[nH]2)cc1OCC(F)(F)C(F)(F)F. The van der Waals surface area contributed by atoms with Gasteiger partial charge in [0.05, 0.1) is 21.2 Å². The number of halogens is 5. The average molecular weight is 419 g/mol. The van der Waals surface area contributed by atoms with Crippen LogP contribution in [0.4, 0.5) is 22.0 Å². The van der Waals surface area contributed by atoms with Crippen molar-refractivity contribution in [3.63, 3.8) is 0 Å². The maximum absolute atomic E-state index is 13.1. The van der Waals surface area contributed by atoms with Gasteiger partial charge in [-0.25, -0.2) is 4.98 Å². The van der Waals surface area contributed by atoms with Gasteiger partial charge < -0.3 is 9.72 Å². The first-order valence-electron chi connectivity index (χ1n) is 7.86. The number of H-pyrrole nitrogens is 1. The molecule has 1 N–H and O–H groups in total. The smallest absolute Gasteiger partial charge is 0.456 e. The second kappa shape index (κ2) is 7.12. The lowest BCUT2D eigenvalue weighted by Gasteiger charge is -2.20. The molecule has 0 aliphatic rings. The minimum absolute atomic E-state index is 0.173. The Labute approximate surface area is 158 Å². The Balaban J connectivity index is 1.95. The second-order valence-corrected chi connectivity index (χ2v) is 7.37. The molecular formula is C17H14F5N3O2S. The summed E-state index contributed by atoms with van der Waals surface area (Å²) in [6.07, 6.45) is -2.93. The van der Waals surface area contributed by atoms with Crippen LogP contribution in [0.3, 0.4) is 0 Å². The standard InChI is InChI=1S/C17H14F5N3O2S/c1-9-7-23-11(6-12(9)27-8-16(18,19)17(20,21)22)15-24-10-4-3-5-13(28(2)26)14(10)25-15/h3-7H,8H2,1-2H3,(H,24,25). The Kier molecular flexibility index (Phi) is 5.13. The fraction of sp³-hybridized carbons (Fsp3) is 0.294. The van der Waals surface area contributed by atoms with E-state index in [1.54, 1.807) is 18.2 Å². The van der Waals surface area contributed by atoms with E-state index in [1.807, 2.05) is 0 Å². The molecule has 11 heteroatoms. The number of ether oxygens (including phenoxy) is 1. The first kappa shape index (κ1) is 20.2. The number of nitrogens with zero attached hydrogens (tertiary/aromatic N) is 2. The van der Waals surface area contributed by atoms with Crippen LogP contribution in [0.2, 0.25) is 0 Å². The normalized spacial score (nSPS) is 13.7. The highest BCUT2D eigenvalue weighted by Gasteiger charge is 2.58. The second-order valence-electron chi connectivity index (χ2n) is 6.02. The van der Waals surface area contributed by atoms with Crippen molar-refractivity contribution in [2.45, 2.75) is 23.9 Å². The van der Waals surface area contributed by atoms with Crippen molar-refractivity contribution in [3.05, 3.63) is 36.0 Å². The molecule has 0 fully saturated rings. The molecule has 0 bridgehead atoms. The van der Waals surface area contributed by atoms with Gasteiger partial charge in [0.25, 0.3) is 0 Å². The van der Waals surface area contributed by atoms with Crippen LogP contribution in [-0.2, 0) is 10.8 Å². The fourth-order valence-corrected chi connectivity index (χ4v) is 3.10. The number of rotatable bonds is 5. The molecule has 0 saturated carbocycles. The van der Waals surface area contributed by atoms with Gasteiger partial charge in [-0.1, -0.05) is 6.07 Å². The van der Waals surface area contributed by atoms with E-state index in [0.29, 0.717) is 15.9 Å². The molecule has 5 nitrogen and oxygen atoms in total. The van der Waals surface area contributed by atoms with Gasteiger partial charge in [-0.05, 0) is 19.1 Å². The molecule has 28 heavy (non-hydrogen) atoms. The minimum atomic E-state index is -5.71. The highest BCUT2D eigenvalue weighted by molar-refractivity contribution is 7.84. The number of aryl methyl sites for hydroxylation is 1. The van der Waals surface area contributed by atoms with Gasteiger partial charge in [0.15, 0.2) is 12.4 Å². The van der Waals surface area contributed by atoms with Crippen LogP contribution in [0, 0.1) is 6.92 Å². The molecule has 0 amide bonds. The molecule has 3 aromatic rings. The number of pyridine rings is 1. The fourth-order valence-electron chi connectivity index (χ4n) is 2.40. The van der Waals surface area contributed by atoms with E-state index in [2.05, 4.69) is 15.0 Å². The predicted molar refractivity (Wildman–Crippen MR) is 92.9 cm³/mol. The molecule has 150 valence electrons. The number of benzene rings is 1. The zero-order valence-corrected chi connectivity index (χ0v) is 15.4. The Morgan fingerprint density at radius 3 is 2.57 bits per heavy atom. The van der Waals surface area contributed by atoms with Crippen molar-refractivity contribution >= 4 is 21.8 Å². The van der Waals surface area contributed by atoms with E-state index in [4.69, 9.17) is 4.74 Å². The Bertz CT molecular complexity index is 1050. The molecule has 2 heterocycles. The van der Waals surface area contributed by atoms with Gasteiger partial charge in [-0.2, -0.15) is 22.0 Å². The summed E-state index contributed by atoms with van der Waals surface area (Å²) in [4.78, 5) is 11.9. The molecule has 1 atom stereocenters. The van der Waals surface area contributed by atoms with Crippen LogP contribution in [0.1, 0.15) is 5.56 Å². The topological polar surface area (TPSA) is 67.9 Å². The molecule has 0 radical (unpaired) electrons. The third-order valence-electron chi connectivity index (χ3n) is 3.91. The van der Waals surface area contributed by atoms with Crippen LogP contribution < -0.4 is 4.74 Å². The van der Waals surface area contributed by atoms with Gasteiger partial charge in [0.2, 0.25) is 0 Å². The zero-order valence-electron chi connectivity index (χ0n) is 14.6. The number of aromatic amines is 1. The summed E-state index contributed by atoms with van der Waals surface area (Å²) < 4.78 is 79.7. The van der Waals surface area contributed by atoms with E-state index in [0.717, 1.165) is 0 Å². The lowest BCUT2D eigenvalue weighted by molar-refractivity contribution is -0.290. The highest BCUT2D eigenvalue weighted by Crippen LogP contribution is 2.36. The molecule has 2 aromatic heterocycles. The summed E-state index contributed by atoms with van der Waals surface area (Å²) in [5.74, 6) is -4.92. The third kappa shape index (κ3) is 3.84. The van der Waals surface area contributed by atoms with Crippen molar-refractivity contribution < 1.29 is 30.9 Å². The molecule has 0 aliphatic carbocycles. The summed E-state index contributed by atoms with van der Waals surface area (Å²) in [6.45, 7) is -0.380. The summed E-state index contributed by atoms with van der Waals surface area (Å²) in [6, 6.07) is 6.27. The van der Waals surface area contributed by atoms with Crippen LogP contribution in [0.25, 0.3) is 22.6 Å². The van der Waals surface area contributed by atoms with Crippen LogP contribution in [0.5, 0.6) is 5.75 Å². The maximum Gasteiger partial charge on any atom is 0.456 e. The van der Waals surface area contributed by atoms with Gasteiger partial charge in [0, 0.05) is 24.1 Å². The summed E-state index contributed by atoms with van der Waals surface area (Å²) in [5.41, 5.74) is 1.50. The molecule has 0 aliphatic heterocycles. The van der Waals surface area contributed by atoms with Crippen LogP contribution >= 0.6 is 0 Å². The van der Waals surface area contributed by atoms with Gasteiger partial charge in [0.1, 0.15) is 17.0 Å². The van der Waals surface area contributed by atoms with E-state index in [9.17, 15) is 26.2 Å². The van der Waals surface area contributed by atoms with Crippen molar-refractivity contribution in [2.75, 3.05) is 12.9 Å². The van der Waals surface area contributed by atoms with Crippen molar-refractivity contribution in [1.29, 1.82) is 0 Å². The number of aromatic nitrogens is 3. The van der Waals surface area contributed by atoms with Gasteiger partial charge >= 0.3 is 12.1 Å². The van der Waals surface area contributed by atoms with E-state index < -0.39 is 29.5 Å². The van der Waals surface area contributed by atoms with Crippen LogP contribution in [0.15, 0.2) is 35.4 Å². The molecule has 3 rings (SSSR count). The summed E-state index contributed by atoms with van der Waals surface area (Å²) in [7, 11) is -1.29. The predicted octanol–water partition coefficient (Wildman–Crippen LogP) is 4.25. The summed E-state index contributed by atoms with van der Waals surface area (Å²) >= 11 is 0.